The lowest BCUT2D eigenvalue weighted by Gasteiger charge is -2.19. The summed E-state index contributed by atoms with van der Waals surface area (Å²) in [6.07, 6.45) is -3.90. The molecular weight excluding hydrogens is 419 g/mol. The van der Waals surface area contributed by atoms with Gasteiger partial charge in [-0.2, -0.15) is 18.3 Å². The molecule has 0 fully saturated rings. The van der Waals surface area contributed by atoms with Gasteiger partial charge in [-0.1, -0.05) is 29.8 Å². The smallest absolute Gasteiger partial charge is 0.416 e. The number of aromatic amines is 1. The Balaban J connectivity index is 1.65. The zero-order valence-corrected chi connectivity index (χ0v) is 17.4. The number of nitrogens with one attached hydrogen (secondary N) is 1. The summed E-state index contributed by atoms with van der Waals surface area (Å²) in [7, 11) is 1.44. The Kier molecular flexibility index (Phi) is 5.38. The van der Waals surface area contributed by atoms with E-state index in [1.54, 1.807) is 6.07 Å². The Labute approximate surface area is 182 Å². The molecule has 0 spiro atoms. The van der Waals surface area contributed by atoms with E-state index < -0.39 is 17.6 Å². The zero-order valence-electron chi connectivity index (χ0n) is 17.4. The minimum absolute atomic E-state index is 0.0341. The number of anilines is 1. The molecule has 0 saturated carbocycles. The maximum Gasteiger partial charge on any atom is 0.416 e. The van der Waals surface area contributed by atoms with Crippen LogP contribution in [0.25, 0.3) is 10.9 Å². The first-order valence-corrected chi connectivity index (χ1v) is 9.84. The van der Waals surface area contributed by atoms with Crippen molar-refractivity contribution in [3.05, 3.63) is 88.6 Å². The number of aryl methyl sites for hydroxylation is 1. The van der Waals surface area contributed by atoms with Crippen LogP contribution in [0.15, 0.2) is 60.7 Å². The van der Waals surface area contributed by atoms with E-state index in [4.69, 9.17) is 0 Å². The number of H-pyrrole nitrogens is 1. The van der Waals surface area contributed by atoms with E-state index in [9.17, 15) is 23.1 Å². The van der Waals surface area contributed by atoms with Gasteiger partial charge in [-0.05, 0) is 42.8 Å². The van der Waals surface area contributed by atoms with Crippen LogP contribution in [0.3, 0.4) is 0 Å². The van der Waals surface area contributed by atoms with Crippen LogP contribution in [-0.4, -0.2) is 28.3 Å². The third kappa shape index (κ3) is 4.16. The number of carbonyl (C=O) groups excluding carboxylic acids is 1. The number of aromatic hydroxyl groups is 1. The molecule has 0 atom stereocenters. The van der Waals surface area contributed by atoms with E-state index in [2.05, 4.69) is 16.3 Å². The average molecular weight is 439 g/mol. The fourth-order valence-electron chi connectivity index (χ4n) is 3.60. The summed E-state index contributed by atoms with van der Waals surface area (Å²) in [6.45, 7) is 2.00. The Morgan fingerprint density at radius 3 is 2.47 bits per heavy atom. The van der Waals surface area contributed by atoms with Gasteiger partial charge in [0.05, 0.1) is 16.6 Å². The van der Waals surface area contributed by atoms with Crippen LogP contribution in [-0.2, 0) is 12.6 Å². The van der Waals surface area contributed by atoms with Crippen LogP contribution in [0.1, 0.15) is 32.7 Å². The van der Waals surface area contributed by atoms with Crippen molar-refractivity contribution in [2.24, 2.45) is 0 Å². The van der Waals surface area contributed by atoms with Crippen LogP contribution in [0.5, 0.6) is 5.75 Å². The number of phenolic OH excluding ortho intramolecular Hbond substituents is 1. The second kappa shape index (κ2) is 8.03. The molecule has 0 aliphatic carbocycles. The molecule has 0 unspecified atom stereocenters. The van der Waals surface area contributed by atoms with Crippen molar-refractivity contribution in [3.63, 3.8) is 0 Å². The van der Waals surface area contributed by atoms with E-state index >= 15 is 0 Å². The Morgan fingerprint density at radius 1 is 1.09 bits per heavy atom. The van der Waals surface area contributed by atoms with Gasteiger partial charge in [0.1, 0.15) is 5.75 Å². The van der Waals surface area contributed by atoms with Gasteiger partial charge in [0.15, 0.2) is 0 Å². The monoisotopic (exact) mass is 439 g/mol. The normalized spacial score (nSPS) is 11.7. The second-order valence-corrected chi connectivity index (χ2v) is 7.66. The van der Waals surface area contributed by atoms with E-state index in [1.165, 1.54) is 30.1 Å². The second-order valence-electron chi connectivity index (χ2n) is 7.66. The molecule has 5 nitrogen and oxygen atoms in total. The Bertz CT molecular complexity index is 1290. The molecule has 4 rings (SSSR count). The highest BCUT2D eigenvalue weighted by Gasteiger charge is 2.30. The van der Waals surface area contributed by atoms with E-state index in [1.807, 2.05) is 25.1 Å². The molecule has 1 heterocycles. The maximum atomic E-state index is 13.0. The molecule has 3 aromatic carbocycles. The molecule has 1 amide bonds. The predicted molar refractivity (Wildman–Crippen MR) is 116 cm³/mol. The number of amides is 1. The summed E-state index contributed by atoms with van der Waals surface area (Å²) in [4.78, 5) is 14.2. The number of nitrogens with zero attached hydrogens (tertiary/aromatic N) is 2. The number of halogens is 3. The highest BCUT2D eigenvalue weighted by Crippen LogP contribution is 2.32. The van der Waals surface area contributed by atoms with Gasteiger partial charge in [0.2, 0.25) is 0 Å². The summed E-state index contributed by atoms with van der Waals surface area (Å²) < 4.78 is 38.4. The number of hydrogen-bond acceptors (Lipinski definition) is 3. The zero-order chi connectivity index (χ0) is 23.0. The fraction of sp³-hybridized carbons (Fsp3) is 0.167. The molecular formula is C24H20F3N3O2. The molecule has 1 aromatic heterocycles. The lowest BCUT2D eigenvalue weighted by atomic mass is 10.0. The van der Waals surface area contributed by atoms with Crippen LogP contribution in [0.4, 0.5) is 18.9 Å². The van der Waals surface area contributed by atoms with Gasteiger partial charge >= 0.3 is 6.18 Å². The third-order valence-electron chi connectivity index (χ3n) is 5.33. The summed E-state index contributed by atoms with van der Waals surface area (Å²) in [5.41, 5.74) is 3.00. The van der Waals surface area contributed by atoms with Crippen molar-refractivity contribution < 1.29 is 23.1 Å². The molecule has 4 aromatic rings. The summed E-state index contributed by atoms with van der Waals surface area (Å²) in [6, 6.07) is 15.2. The minimum Gasteiger partial charge on any atom is -0.507 e. The minimum atomic E-state index is -4.46. The van der Waals surface area contributed by atoms with Crippen molar-refractivity contribution >= 4 is 22.5 Å². The number of alkyl halides is 3. The van der Waals surface area contributed by atoms with Gasteiger partial charge in [-0.15, -0.1) is 0 Å². The number of hydrogen-bond donors (Lipinski definition) is 2. The van der Waals surface area contributed by atoms with Gasteiger partial charge in [-0.25, -0.2) is 0 Å². The molecule has 2 N–H and O–H groups in total. The molecule has 32 heavy (non-hydrogen) atoms. The van der Waals surface area contributed by atoms with Gasteiger partial charge < -0.3 is 10.0 Å². The SMILES string of the molecule is Cc1cccc(Cc2[nH]nc3cc(O)c(C(=O)N(C)c4ccc(C(F)(F)F)cc4)cc23)c1. The molecule has 0 aliphatic rings. The van der Waals surface area contributed by atoms with Crippen molar-refractivity contribution in [1.82, 2.24) is 10.2 Å². The molecule has 164 valence electrons. The highest BCUT2D eigenvalue weighted by molar-refractivity contribution is 6.09. The molecule has 0 aliphatic heterocycles. The topological polar surface area (TPSA) is 69.2 Å². The molecule has 8 heteroatoms. The van der Waals surface area contributed by atoms with Crippen molar-refractivity contribution in [2.45, 2.75) is 19.5 Å². The van der Waals surface area contributed by atoms with Crippen molar-refractivity contribution in [3.8, 4) is 5.75 Å². The van der Waals surface area contributed by atoms with Crippen molar-refractivity contribution in [1.29, 1.82) is 0 Å². The average Bonchev–Trinajstić information content (AvgIpc) is 3.13. The Morgan fingerprint density at radius 2 is 1.81 bits per heavy atom. The molecule has 0 radical (unpaired) electrons. The van der Waals surface area contributed by atoms with Gasteiger partial charge in [0, 0.05) is 36.3 Å². The first-order valence-electron chi connectivity index (χ1n) is 9.84. The summed E-state index contributed by atoms with van der Waals surface area (Å²) in [5.74, 6) is -0.804. The maximum absolute atomic E-state index is 13.0. The number of benzene rings is 3. The van der Waals surface area contributed by atoms with Crippen LogP contribution in [0, 0.1) is 6.92 Å². The highest BCUT2D eigenvalue weighted by atomic mass is 19.4. The van der Waals surface area contributed by atoms with Crippen molar-refractivity contribution in [2.75, 3.05) is 11.9 Å². The van der Waals surface area contributed by atoms with E-state index in [-0.39, 0.29) is 17.0 Å². The standard InChI is InChI=1S/C24H20F3N3O2/c1-14-4-3-5-15(10-14)11-20-18-12-19(22(31)13-21(18)29-28-20)23(32)30(2)17-8-6-16(7-9-17)24(25,26)27/h3-10,12-13,31H,11H2,1-2H3,(H,28,29). The lowest BCUT2D eigenvalue weighted by molar-refractivity contribution is -0.137. The molecule has 0 bridgehead atoms. The number of aromatic nitrogens is 2. The van der Waals surface area contributed by atoms with E-state index in [0.717, 1.165) is 29.0 Å². The quantitative estimate of drug-likeness (QED) is 0.444. The fourth-order valence-corrected chi connectivity index (χ4v) is 3.60. The van der Waals surface area contributed by atoms with Gasteiger partial charge in [-0.3, -0.25) is 9.89 Å². The predicted octanol–water partition coefficient (Wildman–Crippen LogP) is 5.46. The first-order chi connectivity index (χ1) is 15.1. The van der Waals surface area contributed by atoms with Crippen LogP contribution in [0.2, 0.25) is 0 Å². The first kappa shape index (κ1) is 21.4. The summed E-state index contributed by atoms with van der Waals surface area (Å²) >= 11 is 0. The number of phenols is 1. The number of rotatable bonds is 4. The largest absolute Gasteiger partial charge is 0.507 e. The van der Waals surface area contributed by atoms with Gasteiger partial charge in [0.25, 0.3) is 5.91 Å². The van der Waals surface area contributed by atoms with Crippen LogP contribution >= 0.6 is 0 Å². The number of carbonyl (C=O) groups is 1. The van der Waals surface area contributed by atoms with E-state index in [0.29, 0.717) is 17.3 Å². The van der Waals surface area contributed by atoms with Crippen LogP contribution < -0.4 is 4.90 Å². The third-order valence-corrected chi connectivity index (χ3v) is 5.33. The number of fused-ring (bicyclic) bond motifs is 1. The molecule has 0 saturated heterocycles. The summed E-state index contributed by atoms with van der Waals surface area (Å²) in [5, 5.41) is 18.3. The lowest BCUT2D eigenvalue weighted by Crippen LogP contribution is -2.26. The Hall–Kier alpha value is -3.81.